The van der Waals surface area contributed by atoms with E-state index in [-0.39, 0.29) is 28.2 Å². The minimum atomic E-state index is -3.78. The van der Waals surface area contributed by atoms with Crippen molar-refractivity contribution in [3.8, 4) is 0 Å². The van der Waals surface area contributed by atoms with Gasteiger partial charge in [0.2, 0.25) is 15.9 Å². The molecule has 0 spiro atoms. The minimum Gasteiger partial charge on any atom is -0.397 e. The Bertz CT molecular complexity index is 573. The molecular weight excluding hydrogens is 290 g/mol. The Labute approximate surface area is 117 Å². The Kier molecular flexibility index (Phi) is 5.16. The molecule has 0 heterocycles. The van der Waals surface area contributed by atoms with Crippen LogP contribution in [0.1, 0.15) is 13.8 Å². The molecule has 0 saturated heterocycles. The lowest BCUT2D eigenvalue weighted by Crippen LogP contribution is -2.39. The third-order valence-corrected chi connectivity index (χ3v) is 3.89. The van der Waals surface area contributed by atoms with Gasteiger partial charge in [-0.15, -0.1) is 0 Å². The summed E-state index contributed by atoms with van der Waals surface area (Å²) in [6.45, 7) is 3.24. The fourth-order valence-electron chi connectivity index (χ4n) is 1.31. The monoisotopic (exact) mass is 305 g/mol. The van der Waals surface area contributed by atoms with Crippen molar-refractivity contribution in [2.24, 2.45) is 0 Å². The van der Waals surface area contributed by atoms with Gasteiger partial charge in [-0.05, 0) is 32.0 Å². The van der Waals surface area contributed by atoms with E-state index in [4.69, 9.17) is 17.3 Å². The van der Waals surface area contributed by atoms with E-state index in [1.807, 2.05) is 0 Å². The van der Waals surface area contributed by atoms with Gasteiger partial charge in [-0.25, -0.2) is 13.1 Å². The summed E-state index contributed by atoms with van der Waals surface area (Å²) >= 11 is 5.71. The molecule has 19 heavy (non-hydrogen) atoms. The van der Waals surface area contributed by atoms with Gasteiger partial charge in [0.25, 0.3) is 0 Å². The molecule has 0 saturated carbocycles. The summed E-state index contributed by atoms with van der Waals surface area (Å²) in [5.74, 6) is -0.402. The molecule has 0 aromatic heterocycles. The molecule has 0 radical (unpaired) electrons. The highest BCUT2D eigenvalue weighted by atomic mass is 35.5. The lowest BCUT2D eigenvalue weighted by Gasteiger charge is -2.10. The van der Waals surface area contributed by atoms with Gasteiger partial charge in [0.1, 0.15) is 0 Å². The zero-order chi connectivity index (χ0) is 14.6. The maximum Gasteiger partial charge on any atom is 0.241 e. The number of halogens is 1. The number of hydrogen-bond donors (Lipinski definition) is 3. The van der Waals surface area contributed by atoms with Crippen molar-refractivity contribution in [1.29, 1.82) is 0 Å². The van der Waals surface area contributed by atoms with E-state index >= 15 is 0 Å². The Morgan fingerprint density at radius 3 is 2.58 bits per heavy atom. The van der Waals surface area contributed by atoms with E-state index in [2.05, 4.69) is 10.0 Å². The number of rotatable bonds is 5. The van der Waals surface area contributed by atoms with E-state index in [9.17, 15) is 13.2 Å². The summed E-state index contributed by atoms with van der Waals surface area (Å²) in [6, 6.07) is 3.90. The summed E-state index contributed by atoms with van der Waals surface area (Å²) < 4.78 is 26.0. The van der Waals surface area contributed by atoms with Crippen molar-refractivity contribution in [3.63, 3.8) is 0 Å². The largest absolute Gasteiger partial charge is 0.397 e. The summed E-state index contributed by atoms with van der Waals surface area (Å²) in [4.78, 5) is 11.3. The third kappa shape index (κ3) is 4.70. The zero-order valence-corrected chi connectivity index (χ0v) is 12.2. The highest BCUT2D eigenvalue weighted by molar-refractivity contribution is 7.89. The van der Waals surface area contributed by atoms with Gasteiger partial charge < -0.3 is 11.1 Å². The molecule has 1 amide bonds. The fraction of sp³-hybridized carbons (Fsp3) is 0.364. The second-order valence-electron chi connectivity index (χ2n) is 4.23. The number of nitrogens with two attached hydrogens (primary N) is 1. The van der Waals surface area contributed by atoms with Crippen LogP contribution in [0.4, 0.5) is 5.69 Å². The van der Waals surface area contributed by atoms with Gasteiger partial charge in [-0.1, -0.05) is 11.6 Å². The summed E-state index contributed by atoms with van der Waals surface area (Å²) in [5, 5.41) is 2.85. The van der Waals surface area contributed by atoms with E-state index in [1.54, 1.807) is 13.8 Å². The number of anilines is 1. The maximum absolute atomic E-state index is 11.9. The average molecular weight is 306 g/mol. The van der Waals surface area contributed by atoms with Crippen LogP contribution < -0.4 is 15.8 Å². The Morgan fingerprint density at radius 1 is 1.42 bits per heavy atom. The summed E-state index contributed by atoms with van der Waals surface area (Å²) in [7, 11) is -3.78. The van der Waals surface area contributed by atoms with Crippen LogP contribution >= 0.6 is 11.6 Å². The highest BCUT2D eigenvalue weighted by Gasteiger charge is 2.16. The van der Waals surface area contributed by atoms with Crippen molar-refractivity contribution < 1.29 is 13.2 Å². The molecule has 0 aliphatic rings. The number of carbonyl (C=O) groups is 1. The predicted octanol–water partition coefficient (Wildman–Crippen LogP) is 0.725. The maximum atomic E-state index is 11.9. The van der Waals surface area contributed by atoms with Crippen molar-refractivity contribution in [3.05, 3.63) is 23.2 Å². The first-order valence-corrected chi connectivity index (χ1v) is 7.42. The van der Waals surface area contributed by atoms with Crippen molar-refractivity contribution in [2.45, 2.75) is 24.8 Å². The molecule has 0 bridgehead atoms. The van der Waals surface area contributed by atoms with Gasteiger partial charge in [0, 0.05) is 6.04 Å². The molecule has 1 aromatic rings. The fourth-order valence-corrected chi connectivity index (χ4v) is 2.44. The average Bonchev–Trinajstić information content (AvgIpc) is 2.29. The number of hydrogen-bond acceptors (Lipinski definition) is 4. The zero-order valence-electron chi connectivity index (χ0n) is 10.6. The van der Waals surface area contributed by atoms with Crippen LogP contribution in [0.5, 0.6) is 0 Å². The van der Waals surface area contributed by atoms with Gasteiger partial charge >= 0.3 is 0 Å². The van der Waals surface area contributed by atoms with Gasteiger partial charge in [0.05, 0.1) is 22.2 Å². The van der Waals surface area contributed by atoms with Crippen LogP contribution in [0.3, 0.4) is 0 Å². The van der Waals surface area contributed by atoms with Gasteiger partial charge in [0.15, 0.2) is 0 Å². The molecule has 6 nitrogen and oxygen atoms in total. The van der Waals surface area contributed by atoms with Crippen LogP contribution in [0.25, 0.3) is 0 Å². The van der Waals surface area contributed by atoms with Crippen LogP contribution in [0.15, 0.2) is 23.1 Å². The van der Waals surface area contributed by atoms with Crippen molar-refractivity contribution in [1.82, 2.24) is 10.0 Å². The number of nitrogen functional groups attached to an aromatic ring is 1. The minimum absolute atomic E-state index is 0.0354. The number of amides is 1. The highest BCUT2D eigenvalue weighted by Crippen LogP contribution is 2.21. The molecule has 0 aliphatic heterocycles. The molecular formula is C11H16ClN3O3S. The molecule has 1 rings (SSSR count). The predicted molar refractivity (Wildman–Crippen MR) is 74.3 cm³/mol. The van der Waals surface area contributed by atoms with Crippen LogP contribution in [0.2, 0.25) is 5.02 Å². The topological polar surface area (TPSA) is 101 Å². The van der Waals surface area contributed by atoms with Gasteiger partial charge in [-0.2, -0.15) is 0 Å². The first-order valence-electron chi connectivity index (χ1n) is 5.56. The standard InChI is InChI=1S/C11H16ClN3O3S/c1-7(2)15-11(16)6-14-19(17,18)8-3-4-9(12)10(13)5-8/h3-5,7,14H,6,13H2,1-2H3,(H,15,16). The van der Waals surface area contributed by atoms with Crippen molar-refractivity contribution in [2.75, 3.05) is 12.3 Å². The molecule has 0 fully saturated rings. The molecule has 0 atom stereocenters. The normalized spacial score (nSPS) is 11.6. The van der Waals surface area contributed by atoms with E-state index in [0.29, 0.717) is 0 Å². The van der Waals surface area contributed by atoms with Crippen molar-refractivity contribution >= 4 is 33.2 Å². The Hall–Kier alpha value is -1.31. The number of benzene rings is 1. The summed E-state index contributed by atoms with van der Waals surface area (Å²) in [5.41, 5.74) is 5.70. The molecule has 0 aliphatic carbocycles. The Balaban J connectivity index is 2.76. The molecule has 106 valence electrons. The van der Waals surface area contributed by atoms with E-state index in [0.717, 1.165) is 0 Å². The lowest BCUT2D eigenvalue weighted by molar-refractivity contribution is -0.120. The SMILES string of the molecule is CC(C)NC(=O)CNS(=O)(=O)c1ccc(Cl)c(N)c1. The second-order valence-corrected chi connectivity index (χ2v) is 6.40. The molecule has 1 aromatic carbocycles. The quantitative estimate of drug-likeness (QED) is 0.698. The number of carbonyl (C=O) groups excluding carboxylic acids is 1. The third-order valence-electron chi connectivity index (χ3n) is 2.15. The van der Waals surface area contributed by atoms with Crippen LogP contribution in [-0.4, -0.2) is 26.9 Å². The van der Waals surface area contributed by atoms with Crippen LogP contribution in [-0.2, 0) is 14.8 Å². The lowest BCUT2D eigenvalue weighted by atomic mass is 10.3. The molecule has 8 heteroatoms. The Morgan fingerprint density at radius 2 is 2.05 bits per heavy atom. The van der Waals surface area contributed by atoms with Gasteiger partial charge in [-0.3, -0.25) is 4.79 Å². The first-order chi connectivity index (χ1) is 8.72. The smallest absolute Gasteiger partial charge is 0.241 e. The summed E-state index contributed by atoms with van der Waals surface area (Å²) in [6.07, 6.45) is 0. The van der Waals surface area contributed by atoms with E-state index in [1.165, 1.54) is 18.2 Å². The first kappa shape index (κ1) is 15.7. The second kappa shape index (κ2) is 6.23. The van der Waals surface area contributed by atoms with Crippen LogP contribution in [0, 0.1) is 0 Å². The number of nitrogens with one attached hydrogen (secondary N) is 2. The molecule has 4 N–H and O–H groups in total. The molecule has 0 unspecified atom stereocenters. The van der Waals surface area contributed by atoms with E-state index < -0.39 is 15.9 Å². The number of sulfonamides is 1.